The minimum absolute atomic E-state index is 0.00909. The Hall–Kier alpha value is -1.97. The van der Waals surface area contributed by atoms with Gasteiger partial charge in [-0.25, -0.2) is 0 Å². The fourth-order valence-electron chi connectivity index (χ4n) is 5.14. The Kier molecular flexibility index (Phi) is 5.75. The lowest BCUT2D eigenvalue weighted by atomic mass is 9.94. The van der Waals surface area contributed by atoms with Gasteiger partial charge in [-0.3, -0.25) is 9.69 Å². The Labute approximate surface area is 183 Å². The Morgan fingerprint density at radius 2 is 1.77 bits per heavy atom. The highest BCUT2D eigenvalue weighted by Gasteiger charge is 2.36. The molecule has 3 fully saturated rings. The summed E-state index contributed by atoms with van der Waals surface area (Å²) in [6.07, 6.45) is 4.13. The molecule has 0 saturated carbocycles. The third kappa shape index (κ3) is 4.23. The van der Waals surface area contributed by atoms with E-state index in [4.69, 9.17) is 4.74 Å². The summed E-state index contributed by atoms with van der Waals surface area (Å²) in [5.74, 6) is 0.789. The molecule has 4 aliphatic rings. The second-order valence-electron chi connectivity index (χ2n) is 8.91. The van der Waals surface area contributed by atoms with E-state index < -0.39 is 10.0 Å². The second-order valence-corrected chi connectivity index (χ2v) is 10.5. The summed E-state index contributed by atoms with van der Waals surface area (Å²) >= 11 is 0. The molecule has 3 saturated heterocycles. The zero-order chi connectivity index (χ0) is 21.4. The number of hydrogen-bond donors (Lipinski definition) is 0. The predicted molar refractivity (Wildman–Crippen MR) is 116 cm³/mol. The maximum atomic E-state index is 13.1. The summed E-state index contributed by atoms with van der Waals surface area (Å²) in [6.45, 7) is 6.55. The number of nitrogens with zero attached hydrogens (tertiary/aromatic N) is 4. The number of benzene rings is 1. The summed E-state index contributed by atoms with van der Waals surface area (Å²) in [5, 5.41) is 0. The van der Waals surface area contributed by atoms with Gasteiger partial charge in [-0.15, -0.1) is 4.40 Å². The topological polar surface area (TPSA) is 82.5 Å². The van der Waals surface area contributed by atoms with Gasteiger partial charge in [0.2, 0.25) is 5.91 Å². The minimum Gasteiger partial charge on any atom is -0.377 e. The molecule has 9 heteroatoms. The van der Waals surface area contributed by atoms with Crippen LogP contribution in [0.3, 0.4) is 0 Å². The van der Waals surface area contributed by atoms with Crippen molar-refractivity contribution >= 4 is 21.8 Å². The summed E-state index contributed by atoms with van der Waals surface area (Å²) in [6, 6.07) is 6.98. The van der Waals surface area contributed by atoms with Crippen molar-refractivity contribution < 1.29 is 17.9 Å². The molecule has 168 valence electrons. The van der Waals surface area contributed by atoms with E-state index in [1.807, 2.05) is 21.9 Å². The monoisotopic (exact) mass is 446 g/mol. The molecule has 0 bridgehead atoms. The van der Waals surface area contributed by atoms with Crippen LogP contribution in [0.2, 0.25) is 0 Å². The lowest BCUT2D eigenvalue weighted by Crippen LogP contribution is -2.53. The number of fused-ring (bicyclic) bond motifs is 1. The fraction of sp³-hybridized carbons (Fsp3) is 0.636. The first-order valence-electron chi connectivity index (χ1n) is 11.3. The van der Waals surface area contributed by atoms with E-state index in [0.717, 1.165) is 65.0 Å². The lowest BCUT2D eigenvalue weighted by Gasteiger charge is -2.39. The largest absolute Gasteiger partial charge is 0.377 e. The molecule has 1 amide bonds. The van der Waals surface area contributed by atoms with Crippen molar-refractivity contribution in [1.82, 2.24) is 14.7 Å². The van der Waals surface area contributed by atoms with Crippen molar-refractivity contribution in [3.63, 3.8) is 0 Å². The first-order valence-corrected chi connectivity index (χ1v) is 12.8. The molecule has 1 aromatic rings. The summed E-state index contributed by atoms with van der Waals surface area (Å²) in [7, 11) is -3.61. The van der Waals surface area contributed by atoms with Gasteiger partial charge in [0.05, 0.1) is 6.10 Å². The molecular weight excluding hydrogens is 416 g/mol. The second kappa shape index (κ2) is 8.52. The molecule has 1 aromatic carbocycles. The molecule has 4 heterocycles. The van der Waals surface area contributed by atoms with Crippen LogP contribution >= 0.6 is 0 Å². The molecule has 4 aliphatic heterocycles. The smallest absolute Gasteiger partial charge is 0.285 e. The number of sulfonamides is 1. The number of piperazine rings is 1. The minimum atomic E-state index is -3.61. The summed E-state index contributed by atoms with van der Waals surface area (Å²) < 4.78 is 34.4. The molecule has 1 unspecified atom stereocenters. The maximum absolute atomic E-state index is 13.1. The number of rotatable bonds is 3. The van der Waals surface area contributed by atoms with Crippen LogP contribution in [-0.2, 0) is 19.6 Å². The van der Waals surface area contributed by atoms with Gasteiger partial charge in [-0.1, -0.05) is 12.1 Å². The normalized spacial score (nSPS) is 26.7. The number of carbonyl (C=O) groups excluding carboxylic acids is 1. The van der Waals surface area contributed by atoms with Crippen LogP contribution in [-0.4, -0.2) is 93.4 Å². The molecule has 0 aromatic heterocycles. The van der Waals surface area contributed by atoms with Gasteiger partial charge < -0.3 is 14.5 Å². The van der Waals surface area contributed by atoms with Gasteiger partial charge in [-0.2, -0.15) is 8.42 Å². The lowest BCUT2D eigenvalue weighted by molar-refractivity contribution is -0.138. The van der Waals surface area contributed by atoms with Crippen molar-refractivity contribution in [2.24, 2.45) is 10.3 Å². The highest BCUT2D eigenvalue weighted by atomic mass is 32.2. The van der Waals surface area contributed by atoms with Crippen LogP contribution < -0.4 is 0 Å². The van der Waals surface area contributed by atoms with Crippen LogP contribution in [0.25, 0.3) is 0 Å². The summed E-state index contributed by atoms with van der Waals surface area (Å²) in [5.41, 5.74) is 0.676. The van der Waals surface area contributed by atoms with Gasteiger partial charge in [0, 0.05) is 63.9 Å². The number of amidine groups is 1. The van der Waals surface area contributed by atoms with Crippen molar-refractivity contribution in [2.45, 2.75) is 36.7 Å². The Balaban J connectivity index is 1.14. The third-order valence-corrected chi connectivity index (χ3v) is 8.25. The Morgan fingerprint density at radius 3 is 2.48 bits per heavy atom. The number of carbonyl (C=O) groups is 1. The Morgan fingerprint density at radius 1 is 1.03 bits per heavy atom. The maximum Gasteiger partial charge on any atom is 0.285 e. The number of likely N-dealkylation sites (tertiary alicyclic amines) is 1. The van der Waals surface area contributed by atoms with Crippen molar-refractivity contribution in [1.29, 1.82) is 0 Å². The van der Waals surface area contributed by atoms with Gasteiger partial charge in [0.1, 0.15) is 4.90 Å². The molecule has 0 N–H and O–H groups in total. The van der Waals surface area contributed by atoms with Crippen LogP contribution in [0.15, 0.2) is 33.6 Å². The van der Waals surface area contributed by atoms with Gasteiger partial charge >= 0.3 is 0 Å². The first kappa shape index (κ1) is 20.9. The molecular formula is C22H30N4O4S. The van der Waals surface area contributed by atoms with Crippen molar-refractivity contribution in [3.8, 4) is 0 Å². The van der Waals surface area contributed by atoms with E-state index in [-0.39, 0.29) is 16.7 Å². The average Bonchev–Trinajstić information content (AvgIpc) is 3.40. The van der Waals surface area contributed by atoms with Crippen LogP contribution in [0.5, 0.6) is 0 Å². The molecule has 5 rings (SSSR count). The highest BCUT2D eigenvalue weighted by molar-refractivity contribution is 7.90. The Bertz CT molecular complexity index is 957. The van der Waals surface area contributed by atoms with Gasteiger partial charge in [0.25, 0.3) is 10.0 Å². The fourth-order valence-corrected chi connectivity index (χ4v) is 6.37. The molecule has 8 nitrogen and oxygen atoms in total. The van der Waals surface area contributed by atoms with E-state index in [0.29, 0.717) is 30.6 Å². The summed E-state index contributed by atoms with van der Waals surface area (Å²) in [4.78, 5) is 19.8. The standard InChI is InChI=1S/C22H30N4O4S/c27-22(26-13-11-24(12-14-26)16-18-4-3-15-30-18)17-7-9-25(10-8-17)21-19-5-1-2-6-20(19)31(28,29)23-21/h1-2,5-6,17-18H,3-4,7-16H2. The predicted octanol–water partition coefficient (Wildman–Crippen LogP) is 1.17. The number of piperidine rings is 1. The number of amides is 1. The van der Waals surface area contributed by atoms with Crippen LogP contribution in [0, 0.1) is 5.92 Å². The average molecular weight is 447 g/mol. The van der Waals surface area contributed by atoms with E-state index in [1.54, 1.807) is 12.1 Å². The van der Waals surface area contributed by atoms with Crippen molar-refractivity contribution in [2.75, 3.05) is 52.4 Å². The van der Waals surface area contributed by atoms with Gasteiger partial charge in [-0.05, 0) is 37.8 Å². The molecule has 1 atom stereocenters. The van der Waals surface area contributed by atoms with E-state index in [9.17, 15) is 13.2 Å². The van der Waals surface area contributed by atoms with Crippen LogP contribution in [0.1, 0.15) is 31.2 Å². The quantitative estimate of drug-likeness (QED) is 0.693. The molecule has 31 heavy (non-hydrogen) atoms. The van der Waals surface area contributed by atoms with Crippen molar-refractivity contribution in [3.05, 3.63) is 29.8 Å². The molecule has 0 aliphatic carbocycles. The zero-order valence-corrected chi connectivity index (χ0v) is 18.6. The van der Waals surface area contributed by atoms with E-state index >= 15 is 0 Å². The van der Waals surface area contributed by atoms with E-state index in [1.165, 1.54) is 0 Å². The third-order valence-electron chi connectivity index (χ3n) is 6.93. The SMILES string of the molecule is O=C(C1CCN(C2=NS(=O)(=O)c3ccccc32)CC1)N1CCN(CC2CCCO2)CC1. The number of hydrogen-bond acceptors (Lipinski definition) is 6. The van der Waals surface area contributed by atoms with E-state index in [2.05, 4.69) is 9.30 Å². The molecule has 0 spiro atoms. The first-order chi connectivity index (χ1) is 15.0. The number of ether oxygens (including phenoxy) is 1. The zero-order valence-electron chi connectivity index (χ0n) is 17.8. The molecule has 0 radical (unpaired) electrons. The van der Waals surface area contributed by atoms with Gasteiger partial charge in [0.15, 0.2) is 5.84 Å². The highest BCUT2D eigenvalue weighted by Crippen LogP contribution is 2.30. The van der Waals surface area contributed by atoms with Crippen LogP contribution in [0.4, 0.5) is 0 Å².